The smallest absolute Gasteiger partial charge is 0.266 e. The quantitative estimate of drug-likeness (QED) is 0.799. The first-order chi connectivity index (χ1) is 11.2. The van der Waals surface area contributed by atoms with Gasteiger partial charge in [-0.15, -0.1) is 9.35 Å². The third-order valence-electron chi connectivity index (χ3n) is 3.78. The van der Waals surface area contributed by atoms with Crippen LogP contribution in [0.1, 0.15) is 37.4 Å². The second-order valence-electron chi connectivity index (χ2n) is 5.71. The Hall–Kier alpha value is -2.51. The summed E-state index contributed by atoms with van der Waals surface area (Å²) in [7, 11) is -4.32. The van der Waals surface area contributed by atoms with Crippen LogP contribution in [-0.4, -0.2) is 25.3 Å². The van der Waals surface area contributed by atoms with Crippen molar-refractivity contribution in [3.05, 3.63) is 64.2 Å². The first-order valence-electron chi connectivity index (χ1n) is 7.22. The van der Waals surface area contributed by atoms with Crippen LogP contribution >= 0.6 is 0 Å². The fourth-order valence-corrected chi connectivity index (χ4v) is 4.24. The Kier molecular flexibility index (Phi) is 3.77. The first-order valence-corrected chi connectivity index (χ1v) is 8.63. The van der Waals surface area contributed by atoms with E-state index in [4.69, 9.17) is 4.28 Å². The van der Waals surface area contributed by atoms with Gasteiger partial charge in [-0.25, -0.2) is 0 Å². The Bertz CT molecular complexity index is 920. The zero-order valence-corrected chi connectivity index (χ0v) is 14.2. The fourth-order valence-electron chi connectivity index (χ4n) is 2.93. The van der Waals surface area contributed by atoms with E-state index in [9.17, 15) is 18.0 Å². The van der Waals surface area contributed by atoms with Crippen molar-refractivity contribution in [2.24, 2.45) is 0 Å². The zero-order valence-electron chi connectivity index (χ0n) is 13.4. The lowest BCUT2D eigenvalue weighted by atomic mass is 10.1. The fraction of sp³-hybridized carbons (Fsp3) is 0.176. The highest BCUT2D eigenvalue weighted by Crippen LogP contribution is 2.28. The maximum Gasteiger partial charge on any atom is 0.318 e. The number of fused-ring (bicyclic) bond motifs is 1. The Morgan fingerprint density at radius 1 is 0.875 bits per heavy atom. The van der Waals surface area contributed by atoms with E-state index in [1.807, 2.05) is 6.92 Å². The van der Waals surface area contributed by atoms with Crippen molar-refractivity contribution in [2.45, 2.75) is 25.7 Å². The normalized spacial score (nSPS) is 14.2. The van der Waals surface area contributed by atoms with Crippen LogP contribution in [0.4, 0.5) is 0 Å². The van der Waals surface area contributed by atoms with Crippen LogP contribution in [0.2, 0.25) is 0 Å². The van der Waals surface area contributed by atoms with Gasteiger partial charge in [-0.05, 0) is 44.0 Å². The molecule has 0 radical (unpaired) electrons. The summed E-state index contributed by atoms with van der Waals surface area (Å²) < 4.78 is 30.1. The van der Waals surface area contributed by atoms with Crippen LogP contribution in [0.5, 0.6) is 0 Å². The molecule has 0 aliphatic carbocycles. The van der Waals surface area contributed by atoms with Crippen molar-refractivity contribution in [3.63, 3.8) is 0 Å². The summed E-state index contributed by atoms with van der Waals surface area (Å²) in [5.74, 6) is -1.58. The van der Waals surface area contributed by atoms with Crippen LogP contribution in [0.3, 0.4) is 0 Å². The second-order valence-corrected chi connectivity index (χ2v) is 7.17. The molecule has 124 valence electrons. The van der Waals surface area contributed by atoms with Gasteiger partial charge in [0.2, 0.25) is 0 Å². The molecule has 0 spiro atoms. The van der Waals surface area contributed by atoms with Crippen molar-refractivity contribution in [1.29, 1.82) is 0 Å². The predicted molar refractivity (Wildman–Crippen MR) is 85.9 cm³/mol. The van der Waals surface area contributed by atoms with Crippen LogP contribution < -0.4 is 0 Å². The summed E-state index contributed by atoms with van der Waals surface area (Å²) in [6, 6.07) is 9.49. The van der Waals surface area contributed by atoms with Crippen molar-refractivity contribution < 1.29 is 22.3 Å². The molecule has 0 bridgehead atoms. The molecule has 0 N–H and O–H groups in total. The molecule has 1 aliphatic heterocycles. The minimum atomic E-state index is -4.32. The minimum absolute atomic E-state index is 0.0374. The molecule has 0 fully saturated rings. The number of amides is 2. The highest BCUT2D eigenvalue weighted by Gasteiger charge is 2.40. The highest BCUT2D eigenvalue weighted by molar-refractivity contribution is 7.86. The molecule has 2 amide bonds. The van der Waals surface area contributed by atoms with Crippen LogP contribution in [0.15, 0.2) is 41.3 Å². The van der Waals surface area contributed by atoms with Gasteiger partial charge in [0.15, 0.2) is 0 Å². The molecule has 7 heteroatoms. The van der Waals surface area contributed by atoms with Crippen molar-refractivity contribution in [3.8, 4) is 0 Å². The molecule has 0 saturated carbocycles. The Morgan fingerprint density at radius 2 is 1.33 bits per heavy atom. The second kappa shape index (κ2) is 5.54. The summed E-state index contributed by atoms with van der Waals surface area (Å²) in [4.78, 5) is 24.5. The van der Waals surface area contributed by atoms with E-state index in [2.05, 4.69) is 0 Å². The van der Waals surface area contributed by atoms with Gasteiger partial charge in [-0.1, -0.05) is 29.8 Å². The maximum atomic E-state index is 12.6. The summed E-state index contributed by atoms with van der Waals surface area (Å²) in [6.45, 7) is 5.12. The molecule has 1 aliphatic rings. The van der Waals surface area contributed by atoms with E-state index in [-0.39, 0.29) is 16.0 Å². The Labute approximate surface area is 139 Å². The van der Waals surface area contributed by atoms with Gasteiger partial charge < -0.3 is 0 Å². The lowest BCUT2D eigenvalue weighted by molar-refractivity contribution is -0.0104. The largest absolute Gasteiger partial charge is 0.318 e. The van der Waals surface area contributed by atoms with Crippen LogP contribution in [-0.2, 0) is 14.4 Å². The number of rotatable bonds is 3. The van der Waals surface area contributed by atoms with Crippen molar-refractivity contribution in [1.82, 2.24) is 5.06 Å². The number of benzene rings is 2. The van der Waals surface area contributed by atoms with Crippen molar-refractivity contribution >= 4 is 21.9 Å². The third kappa shape index (κ3) is 2.51. The summed E-state index contributed by atoms with van der Waals surface area (Å²) in [6.07, 6.45) is 0. The lowest BCUT2D eigenvalue weighted by Crippen LogP contribution is -2.33. The van der Waals surface area contributed by atoms with Gasteiger partial charge in [0.25, 0.3) is 11.8 Å². The first kappa shape index (κ1) is 16.4. The van der Waals surface area contributed by atoms with Crippen LogP contribution in [0, 0.1) is 20.8 Å². The molecular weight excluding hydrogens is 330 g/mol. The molecule has 6 nitrogen and oxygen atoms in total. The topological polar surface area (TPSA) is 80.8 Å². The predicted octanol–water partition coefficient (Wildman–Crippen LogP) is 2.53. The molecule has 0 aromatic heterocycles. The Morgan fingerprint density at radius 3 is 1.79 bits per heavy atom. The summed E-state index contributed by atoms with van der Waals surface area (Å²) >= 11 is 0. The van der Waals surface area contributed by atoms with Gasteiger partial charge >= 0.3 is 10.1 Å². The number of hydroxylamine groups is 2. The molecule has 2 aromatic rings. The van der Waals surface area contributed by atoms with E-state index in [0.717, 1.165) is 5.56 Å². The lowest BCUT2D eigenvalue weighted by Gasteiger charge is -2.16. The van der Waals surface area contributed by atoms with E-state index < -0.39 is 21.9 Å². The molecule has 3 rings (SSSR count). The molecule has 0 saturated heterocycles. The SMILES string of the molecule is Cc1cc(C)c(S(=O)(=O)ON2C(=O)c3ccccc3C2=O)c(C)c1. The number of imide groups is 1. The van der Waals surface area contributed by atoms with Gasteiger partial charge in [0.05, 0.1) is 11.1 Å². The monoisotopic (exact) mass is 345 g/mol. The average molecular weight is 345 g/mol. The minimum Gasteiger partial charge on any atom is -0.266 e. The van der Waals surface area contributed by atoms with Gasteiger partial charge in [0.1, 0.15) is 4.90 Å². The number of carbonyl (C=O) groups excluding carboxylic acids is 2. The molecule has 2 aromatic carbocycles. The maximum absolute atomic E-state index is 12.6. The van der Waals surface area contributed by atoms with Crippen LogP contribution in [0.25, 0.3) is 0 Å². The van der Waals surface area contributed by atoms with E-state index in [1.165, 1.54) is 12.1 Å². The van der Waals surface area contributed by atoms with Gasteiger partial charge in [0, 0.05) is 0 Å². The standard InChI is InChI=1S/C17H15NO5S/c1-10-8-11(2)15(12(3)9-10)24(21,22)23-18-16(19)13-6-4-5-7-14(13)17(18)20/h4-9H,1-3H3. The third-order valence-corrected chi connectivity index (χ3v) is 5.27. The Balaban J connectivity index is 2.01. The van der Waals surface area contributed by atoms with E-state index >= 15 is 0 Å². The molecule has 1 heterocycles. The molecule has 24 heavy (non-hydrogen) atoms. The number of aryl methyl sites for hydroxylation is 3. The number of carbonyl (C=O) groups is 2. The zero-order chi connectivity index (χ0) is 17.6. The van der Waals surface area contributed by atoms with E-state index in [0.29, 0.717) is 16.2 Å². The van der Waals surface area contributed by atoms with Gasteiger partial charge in [-0.2, -0.15) is 8.42 Å². The van der Waals surface area contributed by atoms with Gasteiger partial charge in [-0.3, -0.25) is 9.59 Å². The number of hydrogen-bond acceptors (Lipinski definition) is 5. The molecule has 0 unspecified atom stereocenters. The summed E-state index contributed by atoms with van der Waals surface area (Å²) in [5, 5.41) is 0.304. The highest BCUT2D eigenvalue weighted by atomic mass is 32.2. The average Bonchev–Trinajstić information content (AvgIpc) is 2.71. The molecular formula is C17H15NO5S. The summed E-state index contributed by atoms with van der Waals surface area (Å²) in [5.41, 5.74) is 2.13. The van der Waals surface area contributed by atoms with E-state index in [1.54, 1.807) is 38.1 Å². The molecule has 0 atom stereocenters. The number of nitrogens with zero attached hydrogens (tertiary/aromatic N) is 1. The number of hydrogen-bond donors (Lipinski definition) is 0. The van der Waals surface area contributed by atoms with Crippen molar-refractivity contribution in [2.75, 3.05) is 0 Å².